The number of thioether (sulfide) groups is 1. The molecule has 4 rings (SSSR count). The van der Waals surface area contributed by atoms with Gasteiger partial charge < -0.3 is 9.64 Å². The second kappa shape index (κ2) is 8.74. The van der Waals surface area contributed by atoms with Crippen LogP contribution in [0.3, 0.4) is 0 Å². The van der Waals surface area contributed by atoms with E-state index in [0.717, 1.165) is 5.56 Å². The Morgan fingerprint density at radius 2 is 2.00 bits per heavy atom. The van der Waals surface area contributed by atoms with E-state index in [0.29, 0.717) is 53.8 Å². The van der Waals surface area contributed by atoms with E-state index in [1.807, 2.05) is 6.07 Å². The lowest BCUT2D eigenvalue weighted by Crippen LogP contribution is -2.52. The van der Waals surface area contributed by atoms with E-state index in [9.17, 15) is 9.59 Å². The minimum absolute atomic E-state index is 0.112. The van der Waals surface area contributed by atoms with Crippen molar-refractivity contribution >= 4 is 47.0 Å². The summed E-state index contributed by atoms with van der Waals surface area (Å²) >= 11 is 13.8. The first kappa shape index (κ1) is 21.4. The summed E-state index contributed by atoms with van der Waals surface area (Å²) in [5.74, 6) is 0.456. The molecule has 1 amide bonds. The number of rotatable bonds is 4. The molecule has 2 atom stereocenters. The average Bonchev–Trinajstić information content (AvgIpc) is 3.23. The molecule has 8 nitrogen and oxygen atoms in total. The molecule has 0 bridgehead atoms. The maximum absolute atomic E-state index is 13.1. The number of aryl methyl sites for hydroxylation is 1. The van der Waals surface area contributed by atoms with Crippen LogP contribution in [0.15, 0.2) is 23.4 Å². The summed E-state index contributed by atoms with van der Waals surface area (Å²) in [6.45, 7) is 6.13. The fourth-order valence-electron chi connectivity index (χ4n) is 3.77. The lowest BCUT2D eigenvalue weighted by molar-refractivity contribution is 0.0600. The highest BCUT2D eigenvalue weighted by atomic mass is 35.5. The zero-order chi connectivity index (χ0) is 21.4. The smallest absolute Gasteiger partial charge is 0.409 e. The van der Waals surface area contributed by atoms with Gasteiger partial charge in [-0.1, -0.05) is 41.0 Å². The second-order valence-corrected chi connectivity index (χ2v) is 8.99. The molecule has 0 spiro atoms. The number of fused-ring (bicyclic) bond motifs is 1. The number of benzene rings is 1. The van der Waals surface area contributed by atoms with Crippen molar-refractivity contribution in [2.75, 3.05) is 32.8 Å². The normalized spacial score (nSPS) is 20.3. The lowest BCUT2D eigenvalue weighted by Gasteiger charge is -2.40. The van der Waals surface area contributed by atoms with Crippen LogP contribution in [0, 0.1) is 6.92 Å². The molecule has 3 heterocycles. The summed E-state index contributed by atoms with van der Waals surface area (Å²) in [6, 6.07) is 5.18. The lowest BCUT2D eigenvalue weighted by atomic mass is 10.00. The third kappa shape index (κ3) is 4.03. The quantitative estimate of drug-likeness (QED) is 0.677. The van der Waals surface area contributed by atoms with E-state index in [1.165, 1.54) is 16.4 Å². The number of amides is 1. The predicted octanol–water partition coefficient (Wildman–Crippen LogP) is 3.52. The number of ether oxygens (including phenoxy) is 1. The fourth-order valence-corrected chi connectivity index (χ4v) is 5.38. The minimum atomic E-state index is -0.424. The number of halogens is 2. The van der Waals surface area contributed by atoms with Gasteiger partial charge >= 0.3 is 6.09 Å². The first-order chi connectivity index (χ1) is 14.4. The number of nitrogens with zero attached hydrogens (tertiary/aromatic N) is 5. The summed E-state index contributed by atoms with van der Waals surface area (Å²) in [7, 11) is 0. The Balaban J connectivity index is 1.61. The molecule has 1 aromatic carbocycles. The zero-order valence-corrected chi connectivity index (χ0v) is 18.9. The van der Waals surface area contributed by atoms with Crippen molar-refractivity contribution < 1.29 is 14.3 Å². The molecule has 0 radical (unpaired) electrons. The van der Waals surface area contributed by atoms with E-state index in [1.54, 1.807) is 30.9 Å². The summed E-state index contributed by atoms with van der Waals surface area (Å²) in [6.07, 6.45) is -0.311. The van der Waals surface area contributed by atoms with Crippen LogP contribution < -0.4 is 0 Å². The number of hydrogen-bond donors (Lipinski definition) is 0. The van der Waals surface area contributed by atoms with Crippen molar-refractivity contribution in [3.05, 3.63) is 39.6 Å². The molecule has 0 N–H and O–H groups in total. The number of carbonyl (C=O) groups excluding carboxylic acids is 2. The summed E-state index contributed by atoms with van der Waals surface area (Å²) in [5.41, 5.74) is 0.891. The maximum atomic E-state index is 13.1. The molecular weight excluding hydrogens is 449 g/mol. The number of hydrogen-bond acceptors (Lipinski definition) is 7. The van der Waals surface area contributed by atoms with Crippen LogP contribution in [0.1, 0.15) is 29.1 Å². The zero-order valence-electron chi connectivity index (χ0n) is 16.5. The highest BCUT2D eigenvalue weighted by Crippen LogP contribution is 2.42. The third-order valence-corrected chi connectivity index (χ3v) is 7.10. The number of carbonyl (C=O) groups is 2. The highest BCUT2D eigenvalue weighted by Gasteiger charge is 2.43. The monoisotopic (exact) mass is 469 g/mol. The predicted molar refractivity (Wildman–Crippen MR) is 114 cm³/mol. The molecule has 0 aliphatic carbocycles. The summed E-state index contributed by atoms with van der Waals surface area (Å²) in [5, 5.41) is 5.30. The van der Waals surface area contributed by atoms with Gasteiger partial charge in [0.05, 0.1) is 22.7 Å². The first-order valence-corrected chi connectivity index (χ1v) is 11.3. The minimum Gasteiger partial charge on any atom is -0.450 e. The topological polar surface area (TPSA) is 80.6 Å². The molecule has 160 valence electrons. The van der Waals surface area contributed by atoms with Crippen LogP contribution in [-0.2, 0) is 4.74 Å². The van der Waals surface area contributed by atoms with Gasteiger partial charge in [-0.15, -0.1) is 5.10 Å². The molecule has 2 unspecified atom stereocenters. The Bertz CT molecular complexity index is 977. The van der Waals surface area contributed by atoms with Crippen molar-refractivity contribution in [3.8, 4) is 0 Å². The van der Waals surface area contributed by atoms with Crippen molar-refractivity contribution in [3.63, 3.8) is 0 Å². The van der Waals surface area contributed by atoms with E-state index in [-0.39, 0.29) is 18.0 Å². The van der Waals surface area contributed by atoms with Gasteiger partial charge in [-0.3, -0.25) is 9.69 Å². The Morgan fingerprint density at radius 1 is 1.27 bits per heavy atom. The van der Waals surface area contributed by atoms with Crippen molar-refractivity contribution in [2.24, 2.45) is 0 Å². The van der Waals surface area contributed by atoms with Gasteiger partial charge in [-0.05, 0) is 31.5 Å². The standard InChI is InChI=1S/C19H21Cl2N5O3S/c1-3-29-19(28)25-8-6-24(7-9-25)15(12-4-5-13(20)14(21)10-12)16-17(27)26-18(30-16)22-11(2)23-26/h4-5,10,15-16H,3,6-9H2,1-2H3. The van der Waals surface area contributed by atoms with Gasteiger partial charge in [0.2, 0.25) is 0 Å². The molecule has 0 saturated carbocycles. The Morgan fingerprint density at radius 3 is 2.63 bits per heavy atom. The first-order valence-electron chi connectivity index (χ1n) is 9.64. The van der Waals surface area contributed by atoms with Gasteiger partial charge in [0.1, 0.15) is 11.1 Å². The Hall–Kier alpha value is -1.81. The van der Waals surface area contributed by atoms with Crippen LogP contribution in [0.25, 0.3) is 0 Å². The molecular formula is C19H21Cl2N5O3S. The average molecular weight is 470 g/mol. The molecule has 1 saturated heterocycles. The largest absolute Gasteiger partial charge is 0.450 e. The van der Waals surface area contributed by atoms with Gasteiger partial charge in [-0.2, -0.15) is 4.68 Å². The molecule has 1 fully saturated rings. The van der Waals surface area contributed by atoms with Gasteiger partial charge in [0.15, 0.2) is 5.16 Å². The molecule has 1 aromatic heterocycles. The van der Waals surface area contributed by atoms with Gasteiger partial charge in [-0.25, -0.2) is 9.78 Å². The van der Waals surface area contributed by atoms with Crippen molar-refractivity contribution in [2.45, 2.75) is 30.3 Å². The molecule has 2 aliphatic rings. The Labute approximate surface area is 188 Å². The molecule has 30 heavy (non-hydrogen) atoms. The molecule has 2 aliphatic heterocycles. The van der Waals surface area contributed by atoms with Gasteiger partial charge in [0, 0.05) is 26.2 Å². The van der Waals surface area contributed by atoms with Gasteiger partial charge in [0.25, 0.3) is 5.91 Å². The Kier molecular flexibility index (Phi) is 6.24. The maximum Gasteiger partial charge on any atom is 0.409 e. The summed E-state index contributed by atoms with van der Waals surface area (Å²) in [4.78, 5) is 33.4. The van der Waals surface area contributed by atoms with Crippen LogP contribution in [-0.4, -0.2) is 74.6 Å². The van der Waals surface area contributed by atoms with Crippen LogP contribution in [0.5, 0.6) is 0 Å². The van der Waals surface area contributed by atoms with Crippen molar-refractivity contribution in [1.82, 2.24) is 24.6 Å². The number of aromatic nitrogens is 3. The summed E-state index contributed by atoms with van der Waals surface area (Å²) < 4.78 is 6.49. The molecule has 11 heteroatoms. The van der Waals surface area contributed by atoms with Crippen molar-refractivity contribution in [1.29, 1.82) is 0 Å². The number of piperazine rings is 1. The fraction of sp³-hybridized carbons (Fsp3) is 0.474. The van der Waals surface area contributed by atoms with E-state index < -0.39 is 5.25 Å². The van der Waals surface area contributed by atoms with Crippen LogP contribution in [0.4, 0.5) is 4.79 Å². The molecule has 2 aromatic rings. The van der Waals surface area contributed by atoms with Crippen LogP contribution >= 0.6 is 35.0 Å². The van der Waals surface area contributed by atoms with E-state index >= 15 is 0 Å². The SMILES string of the molecule is CCOC(=O)N1CCN(C(c2ccc(Cl)c(Cl)c2)C2Sc3nc(C)nn3C2=O)CC1. The van der Waals surface area contributed by atoms with Crippen LogP contribution in [0.2, 0.25) is 10.0 Å². The van der Waals surface area contributed by atoms with E-state index in [4.69, 9.17) is 27.9 Å². The second-order valence-electron chi connectivity index (χ2n) is 7.07. The third-order valence-electron chi connectivity index (χ3n) is 5.17. The van der Waals surface area contributed by atoms with E-state index in [2.05, 4.69) is 15.0 Å². The highest BCUT2D eigenvalue weighted by molar-refractivity contribution is 8.00.